The molecule has 1 aromatic heterocycles. The van der Waals surface area contributed by atoms with Crippen LogP contribution >= 0.6 is 11.3 Å². The van der Waals surface area contributed by atoms with E-state index in [0.717, 1.165) is 37.2 Å². The Bertz CT molecular complexity index is 519. The molecule has 1 aromatic carbocycles. The van der Waals surface area contributed by atoms with E-state index >= 15 is 0 Å². The third kappa shape index (κ3) is 2.42. The van der Waals surface area contributed by atoms with E-state index in [4.69, 9.17) is 4.74 Å². The van der Waals surface area contributed by atoms with Gasteiger partial charge in [-0.15, -0.1) is 0 Å². The molecular weight excluding hydrogens is 244 g/mol. The van der Waals surface area contributed by atoms with Gasteiger partial charge in [0, 0.05) is 6.42 Å². The van der Waals surface area contributed by atoms with Crippen LogP contribution in [0.25, 0.3) is 0 Å². The van der Waals surface area contributed by atoms with Crippen LogP contribution in [0.1, 0.15) is 29.2 Å². The summed E-state index contributed by atoms with van der Waals surface area (Å²) in [6.45, 7) is 0.802. The quantitative estimate of drug-likeness (QED) is 0.913. The molecule has 0 spiro atoms. The maximum atomic E-state index is 10.0. The molecule has 2 aromatic rings. The number of thiophene rings is 1. The van der Waals surface area contributed by atoms with Crippen molar-refractivity contribution in [2.24, 2.45) is 0 Å². The van der Waals surface area contributed by atoms with E-state index in [-0.39, 0.29) is 6.10 Å². The Morgan fingerprint density at radius 3 is 3.11 bits per heavy atom. The van der Waals surface area contributed by atoms with E-state index in [9.17, 15) is 5.11 Å². The van der Waals surface area contributed by atoms with Crippen LogP contribution in [0.5, 0.6) is 5.75 Å². The summed E-state index contributed by atoms with van der Waals surface area (Å²) >= 11 is 1.63. The Labute approximate surface area is 111 Å². The topological polar surface area (TPSA) is 29.5 Å². The second-order valence-corrected chi connectivity index (χ2v) is 5.43. The number of fused-ring (bicyclic) bond motifs is 1. The third-order valence-electron chi connectivity index (χ3n) is 3.39. The van der Waals surface area contributed by atoms with Crippen LogP contribution < -0.4 is 4.74 Å². The molecular formula is C15H16O2S. The van der Waals surface area contributed by atoms with Crippen LogP contribution in [0.3, 0.4) is 0 Å². The summed E-state index contributed by atoms with van der Waals surface area (Å²) in [5.41, 5.74) is 3.62. The first kappa shape index (κ1) is 11.8. The minimum atomic E-state index is -0.347. The average Bonchev–Trinajstić information content (AvgIpc) is 3.05. The molecule has 1 N–H and O–H groups in total. The fourth-order valence-electron chi connectivity index (χ4n) is 2.33. The van der Waals surface area contributed by atoms with Gasteiger partial charge in [0.1, 0.15) is 5.75 Å². The van der Waals surface area contributed by atoms with Crippen molar-refractivity contribution in [2.75, 3.05) is 6.61 Å². The highest BCUT2D eigenvalue weighted by atomic mass is 32.1. The first-order valence-electron chi connectivity index (χ1n) is 6.28. The Kier molecular flexibility index (Phi) is 3.35. The molecule has 94 valence electrons. The normalized spacial score (nSPS) is 15.2. The van der Waals surface area contributed by atoms with Crippen molar-refractivity contribution in [2.45, 2.75) is 25.4 Å². The summed E-state index contributed by atoms with van der Waals surface area (Å²) in [6.07, 6.45) is 2.34. The van der Waals surface area contributed by atoms with Crippen molar-refractivity contribution >= 4 is 11.3 Å². The Morgan fingerprint density at radius 1 is 1.33 bits per heavy atom. The average molecular weight is 260 g/mol. The van der Waals surface area contributed by atoms with Gasteiger partial charge in [0.15, 0.2) is 0 Å². The number of aliphatic hydroxyl groups excluding tert-OH is 1. The van der Waals surface area contributed by atoms with Crippen molar-refractivity contribution in [3.8, 4) is 5.75 Å². The summed E-state index contributed by atoms with van der Waals surface area (Å²) in [5.74, 6) is 1.03. The van der Waals surface area contributed by atoms with Gasteiger partial charge in [-0.1, -0.05) is 12.1 Å². The van der Waals surface area contributed by atoms with Gasteiger partial charge in [-0.2, -0.15) is 11.3 Å². The molecule has 3 heteroatoms. The third-order valence-corrected chi connectivity index (χ3v) is 4.09. The second kappa shape index (κ2) is 5.12. The van der Waals surface area contributed by atoms with E-state index < -0.39 is 0 Å². The van der Waals surface area contributed by atoms with E-state index in [1.165, 1.54) is 11.1 Å². The zero-order valence-corrected chi connectivity index (χ0v) is 11.0. The molecule has 3 rings (SSSR count). The number of ether oxygens (including phenoxy) is 1. The van der Waals surface area contributed by atoms with Gasteiger partial charge in [-0.3, -0.25) is 0 Å². The van der Waals surface area contributed by atoms with Crippen molar-refractivity contribution in [1.29, 1.82) is 0 Å². The van der Waals surface area contributed by atoms with Gasteiger partial charge < -0.3 is 9.84 Å². The largest absolute Gasteiger partial charge is 0.493 e. The summed E-state index contributed by atoms with van der Waals surface area (Å²) in [6, 6.07) is 8.35. The zero-order chi connectivity index (χ0) is 12.4. The monoisotopic (exact) mass is 260 g/mol. The summed E-state index contributed by atoms with van der Waals surface area (Å²) in [4.78, 5) is 0. The van der Waals surface area contributed by atoms with Gasteiger partial charge in [-0.25, -0.2) is 0 Å². The van der Waals surface area contributed by atoms with Crippen LogP contribution in [0.15, 0.2) is 35.0 Å². The Hall–Kier alpha value is -1.32. The highest BCUT2D eigenvalue weighted by Gasteiger charge is 2.13. The molecule has 1 aliphatic rings. The summed E-state index contributed by atoms with van der Waals surface area (Å²) in [7, 11) is 0. The van der Waals surface area contributed by atoms with Crippen molar-refractivity contribution in [3.63, 3.8) is 0 Å². The van der Waals surface area contributed by atoms with Crippen LogP contribution in [0.4, 0.5) is 0 Å². The lowest BCUT2D eigenvalue weighted by molar-refractivity contribution is 0.168. The lowest BCUT2D eigenvalue weighted by Gasteiger charge is -2.09. The van der Waals surface area contributed by atoms with Crippen molar-refractivity contribution in [3.05, 3.63) is 51.7 Å². The molecule has 2 nitrogen and oxygen atoms in total. The molecule has 0 saturated carbocycles. The summed E-state index contributed by atoms with van der Waals surface area (Å²) in [5, 5.41) is 14.1. The Morgan fingerprint density at radius 2 is 2.28 bits per heavy atom. The number of benzene rings is 1. The number of aryl methyl sites for hydroxylation is 1. The van der Waals surface area contributed by atoms with E-state index in [2.05, 4.69) is 18.2 Å². The maximum absolute atomic E-state index is 10.0. The second-order valence-electron chi connectivity index (χ2n) is 4.65. The molecule has 1 aliphatic heterocycles. The predicted octanol–water partition coefficient (Wildman–Crippen LogP) is 3.35. The van der Waals surface area contributed by atoms with Gasteiger partial charge in [0.2, 0.25) is 0 Å². The van der Waals surface area contributed by atoms with Crippen LogP contribution in [0.2, 0.25) is 0 Å². The summed E-state index contributed by atoms with van der Waals surface area (Å²) < 4.78 is 5.49. The van der Waals surface area contributed by atoms with Crippen molar-refractivity contribution < 1.29 is 9.84 Å². The van der Waals surface area contributed by atoms with Crippen LogP contribution in [0, 0.1) is 0 Å². The molecule has 2 heterocycles. The maximum Gasteiger partial charge on any atom is 0.122 e. The molecule has 0 fully saturated rings. The number of aliphatic hydroxyl groups is 1. The van der Waals surface area contributed by atoms with E-state index in [1.54, 1.807) is 11.3 Å². The highest BCUT2D eigenvalue weighted by molar-refractivity contribution is 7.07. The highest BCUT2D eigenvalue weighted by Crippen LogP contribution is 2.27. The Balaban J connectivity index is 1.63. The van der Waals surface area contributed by atoms with Gasteiger partial charge in [-0.05, 0) is 52.4 Å². The minimum Gasteiger partial charge on any atom is -0.493 e. The molecule has 0 bridgehead atoms. The minimum absolute atomic E-state index is 0.347. The SMILES string of the molecule is OC(CCc1ccc2c(c1)CCO2)c1ccsc1. The lowest BCUT2D eigenvalue weighted by atomic mass is 10.0. The molecule has 1 unspecified atom stereocenters. The number of hydrogen-bond acceptors (Lipinski definition) is 3. The number of rotatable bonds is 4. The first-order chi connectivity index (χ1) is 8.83. The van der Waals surface area contributed by atoms with Crippen molar-refractivity contribution in [1.82, 2.24) is 0 Å². The van der Waals surface area contributed by atoms with E-state index in [0.29, 0.717) is 0 Å². The molecule has 1 atom stereocenters. The molecule has 0 saturated heterocycles. The van der Waals surface area contributed by atoms with E-state index in [1.807, 2.05) is 16.8 Å². The molecule has 0 amide bonds. The van der Waals surface area contributed by atoms with Gasteiger partial charge in [0.05, 0.1) is 12.7 Å². The first-order valence-corrected chi connectivity index (χ1v) is 7.22. The van der Waals surface area contributed by atoms with Gasteiger partial charge >= 0.3 is 0 Å². The molecule has 0 aliphatic carbocycles. The predicted molar refractivity (Wildman–Crippen MR) is 73.2 cm³/mol. The fourth-order valence-corrected chi connectivity index (χ4v) is 3.04. The zero-order valence-electron chi connectivity index (χ0n) is 10.1. The van der Waals surface area contributed by atoms with Crippen LogP contribution in [-0.2, 0) is 12.8 Å². The smallest absolute Gasteiger partial charge is 0.122 e. The standard InChI is InChI=1S/C15H16O2S/c16-14(13-6-8-18-10-13)3-1-11-2-4-15-12(9-11)5-7-17-15/h2,4,6,8-10,14,16H,1,3,5,7H2. The van der Waals surface area contributed by atoms with Crippen LogP contribution in [-0.4, -0.2) is 11.7 Å². The lowest BCUT2D eigenvalue weighted by Crippen LogP contribution is -1.98. The van der Waals surface area contributed by atoms with Gasteiger partial charge in [0.25, 0.3) is 0 Å². The molecule has 0 radical (unpaired) electrons. The molecule has 18 heavy (non-hydrogen) atoms. The number of hydrogen-bond donors (Lipinski definition) is 1. The fraction of sp³-hybridized carbons (Fsp3) is 0.333.